The van der Waals surface area contributed by atoms with E-state index in [-0.39, 0.29) is 12.7 Å². The standard InChI is InChI=1S/C30H29N2O6P/c33-29(34)21-31-30(35)28(20-23-16-18-25(19-17-23)24-10-4-1-5-11-24)32-22-39(36,37-26-12-6-2-7-13-26)38-27-14-8-3-9-15-27/h1-19,28,32H,20-22H2,(H,31,35)(H,33,34)/t28-/m0/s1. The van der Waals surface area contributed by atoms with Gasteiger partial charge in [-0.3, -0.25) is 14.9 Å². The molecule has 0 saturated heterocycles. The fourth-order valence-corrected chi connectivity index (χ4v) is 5.33. The highest BCUT2D eigenvalue weighted by atomic mass is 31.2. The lowest BCUT2D eigenvalue weighted by Crippen LogP contribution is -2.47. The second-order valence-corrected chi connectivity index (χ2v) is 10.6. The first-order chi connectivity index (χ1) is 18.9. The van der Waals surface area contributed by atoms with Gasteiger partial charge < -0.3 is 19.5 Å². The van der Waals surface area contributed by atoms with Crippen LogP contribution in [0.25, 0.3) is 11.1 Å². The summed E-state index contributed by atoms with van der Waals surface area (Å²) in [5.41, 5.74) is 2.92. The zero-order valence-corrected chi connectivity index (χ0v) is 22.0. The monoisotopic (exact) mass is 544 g/mol. The van der Waals surface area contributed by atoms with E-state index < -0.39 is 32.1 Å². The Morgan fingerprint density at radius 3 is 1.72 bits per heavy atom. The zero-order valence-electron chi connectivity index (χ0n) is 21.1. The molecule has 0 saturated carbocycles. The average molecular weight is 545 g/mol. The van der Waals surface area contributed by atoms with E-state index in [1.807, 2.05) is 54.6 Å². The summed E-state index contributed by atoms with van der Waals surface area (Å²) in [6, 6.07) is 33.9. The number of carbonyl (C=O) groups excluding carboxylic acids is 1. The van der Waals surface area contributed by atoms with Gasteiger partial charge in [0.05, 0.1) is 6.04 Å². The molecule has 4 aromatic carbocycles. The van der Waals surface area contributed by atoms with E-state index in [4.69, 9.17) is 14.2 Å². The average Bonchev–Trinajstić information content (AvgIpc) is 2.96. The van der Waals surface area contributed by atoms with Crippen LogP contribution in [0.5, 0.6) is 11.5 Å². The van der Waals surface area contributed by atoms with E-state index in [0.29, 0.717) is 11.5 Å². The summed E-state index contributed by atoms with van der Waals surface area (Å²) < 4.78 is 25.5. The quantitative estimate of drug-likeness (QED) is 0.194. The van der Waals surface area contributed by atoms with Crippen molar-refractivity contribution in [3.8, 4) is 22.6 Å². The van der Waals surface area contributed by atoms with Gasteiger partial charge in [-0.15, -0.1) is 0 Å². The topological polar surface area (TPSA) is 114 Å². The Morgan fingerprint density at radius 2 is 1.21 bits per heavy atom. The molecular weight excluding hydrogens is 515 g/mol. The maximum Gasteiger partial charge on any atom is 0.444 e. The largest absolute Gasteiger partial charge is 0.480 e. The number of hydrogen-bond donors (Lipinski definition) is 3. The van der Waals surface area contributed by atoms with Crippen molar-refractivity contribution in [3.63, 3.8) is 0 Å². The number of amides is 1. The Hall–Kier alpha value is -4.39. The molecule has 0 aliphatic heterocycles. The molecule has 0 fully saturated rings. The smallest absolute Gasteiger partial charge is 0.444 e. The van der Waals surface area contributed by atoms with Crippen LogP contribution in [-0.4, -0.2) is 35.9 Å². The molecule has 0 bridgehead atoms. The van der Waals surface area contributed by atoms with Crippen molar-refractivity contribution in [1.82, 2.24) is 10.6 Å². The predicted octanol–water partition coefficient (Wildman–Crippen LogP) is 5.36. The molecule has 0 aromatic heterocycles. The van der Waals surface area contributed by atoms with Crippen molar-refractivity contribution >= 4 is 19.5 Å². The molecule has 0 unspecified atom stereocenters. The molecule has 200 valence electrons. The van der Waals surface area contributed by atoms with Crippen molar-refractivity contribution in [2.45, 2.75) is 12.5 Å². The number of aliphatic carboxylic acids is 1. The van der Waals surface area contributed by atoms with Gasteiger partial charge in [-0.2, -0.15) is 0 Å². The Labute approximate surface area is 227 Å². The second kappa shape index (κ2) is 13.4. The molecule has 9 heteroatoms. The lowest BCUT2D eigenvalue weighted by Gasteiger charge is -2.24. The minimum absolute atomic E-state index is 0.219. The first-order valence-electron chi connectivity index (χ1n) is 12.4. The number of hydrogen-bond acceptors (Lipinski definition) is 6. The summed E-state index contributed by atoms with van der Waals surface area (Å²) in [4.78, 5) is 24.0. The first-order valence-corrected chi connectivity index (χ1v) is 14.1. The lowest BCUT2D eigenvalue weighted by molar-refractivity contribution is -0.138. The summed E-state index contributed by atoms with van der Waals surface area (Å²) in [6.07, 6.45) is -0.0821. The van der Waals surface area contributed by atoms with Crippen molar-refractivity contribution in [2.24, 2.45) is 0 Å². The number of carbonyl (C=O) groups is 2. The third-order valence-corrected chi connectivity index (χ3v) is 7.29. The maximum absolute atomic E-state index is 13.9. The van der Waals surface area contributed by atoms with Gasteiger partial charge in [0.15, 0.2) is 0 Å². The Balaban J connectivity index is 1.53. The number of para-hydroxylation sites is 2. The SMILES string of the molecule is O=C(O)CNC(=O)[C@H](Cc1ccc(-c2ccccc2)cc1)NCP(=O)(Oc1ccccc1)Oc1ccccc1. The Morgan fingerprint density at radius 1 is 0.718 bits per heavy atom. The molecule has 1 atom stereocenters. The molecule has 1 amide bonds. The predicted molar refractivity (Wildman–Crippen MR) is 150 cm³/mol. The van der Waals surface area contributed by atoms with Gasteiger partial charge in [0.2, 0.25) is 5.91 Å². The second-order valence-electron chi connectivity index (χ2n) is 8.71. The summed E-state index contributed by atoms with van der Waals surface area (Å²) >= 11 is 0. The van der Waals surface area contributed by atoms with Crippen molar-refractivity contribution in [2.75, 3.05) is 12.8 Å². The normalized spacial score (nSPS) is 11.8. The van der Waals surface area contributed by atoms with Crippen LogP contribution >= 0.6 is 7.60 Å². The number of nitrogens with one attached hydrogen (secondary N) is 2. The molecule has 0 radical (unpaired) electrons. The van der Waals surface area contributed by atoms with Crippen LogP contribution in [0, 0.1) is 0 Å². The van der Waals surface area contributed by atoms with Gasteiger partial charge in [-0.1, -0.05) is 91.0 Å². The number of rotatable bonds is 13. The molecule has 39 heavy (non-hydrogen) atoms. The van der Waals surface area contributed by atoms with Crippen LogP contribution in [-0.2, 0) is 20.6 Å². The van der Waals surface area contributed by atoms with E-state index in [1.165, 1.54) is 0 Å². The summed E-state index contributed by atoms with van der Waals surface area (Å²) in [5.74, 6) is -1.01. The highest BCUT2D eigenvalue weighted by Crippen LogP contribution is 2.47. The van der Waals surface area contributed by atoms with E-state index in [0.717, 1.165) is 16.7 Å². The fourth-order valence-electron chi connectivity index (χ4n) is 3.83. The highest BCUT2D eigenvalue weighted by Gasteiger charge is 2.31. The number of carboxylic acids is 1. The van der Waals surface area contributed by atoms with Crippen molar-refractivity contribution < 1.29 is 28.3 Å². The first kappa shape index (κ1) is 27.6. The van der Waals surface area contributed by atoms with Gasteiger partial charge in [0.1, 0.15) is 24.3 Å². The molecule has 4 aromatic rings. The van der Waals surface area contributed by atoms with Crippen molar-refractivity contribution in [1.29, 1.82) is 0 Å². The minimum atomic E-state index is -3.85. The van der Waals surface area contributed by atoms with Crippen LogP contribution in [0.2, 0.25) is 0 Å². The zero-order chi connectivity index (χ0) is 27.5. The molecular formula is C30H29N2O6P. The van der Waals surface area contributed by atoms with Crippen LogP contribution in [0.1, 0.15) is 5.56 Å². The van der Waals surface area contributed by atoms with Gasteiger partial charge in [-0.05, 0) is 47.4 Å². The van der Waals surface area contributed by atoms with Crippen LogP contribution < -0.4 is 19.7 Å². The van der Waals surface area contributed by atoms with E-state index in [1.54, 1.807) is 60.7 Å². The van der Waals surface area contributed by atoms with Crippen molar-refractivity contribution in [3.05, 3.63) is 121 Å². The van der Waals surface area contributed by atoms with Gasteiger partial charge >= 0.3 is 13.6 Å². The summed E-state index contributed by atoms with van der Waals surface area (Å²) in [6.45, 7) is -0.539. The molecule has 0 heterocycles. The molecule has 0 aliphatic carbocycles. The van der Waals surface area contributed by atoms with Crippen LogP contribution in [0.15, 0.2) is 115 Å². The van der Waals surface area contributed by atoms with E-state index >= 15 is 0 Å². The molecule has 0 spiro atoms. The highest BCUT2D eigenvalue weighted by molar-refractivity contribution is 7.54. The lowest BCUT2D eigenvalue weighted by atomic mass is 10.0. The van der Waals surface area contributed by atoms with E-state index in [9.17, 15) is 14.2 Å². The third-order valence-electron chi connectivity index (χ3n) is 5.74. The summed E-state index contributed by atoms with van der Waals surface area (Å²) in [7, 11) is -3.85. The summed E-state index contributed by atoms with van der Waals surface area (Å²) in [5, 5.41) is 14.4. The van der Waals surface area contributed by atoms with Crippen LogP contribution in [0.3, 0.4) is 0 Å². The fraction of sp³-hybridized carbons (Fsp3) is 0.133. The Bertz CT molecular complexity index is 1350. The van der Waals surface area contributed by atoms with Crippen LogP contribution in [0.4, 0.5) is 0 Å². The van der Waals surface area contributed by atoms with Gasteiger partial charge in [0.25, 0.3) is 0 Å². The molecule has 3 N–H and O–H groups in total. The third kappa shape index (κ3) is 8.57. The number of benzene rings is 4. The van der Waals surface area contributed by atoms with E-state index in [2.05, 4.69) is 10.6 Å². The Kier molecular flexibility index (Phi) is 9.51. The van der Waals surface area contributed by atoms with Gasteiger partial charge in [-0.25, -0.2) is 4.57 Å². The molecule has 0 aliphatic rings. The van der Waals surface area contributed by atoms with Gasteiger partial charge in [0, 0.05) is 0 Å². The minimum Gasteiger partial charge on any atom is -0.480 e. The number of carboxylic acid groups (broad SMARTS) is 1. The molecule has 4 rings (SSSR count). The molecule has 8 nitrogen and oxygen atoms in total. The maximum atomic E-state index is 13.9.